The Hall–Kier alpha value is -1.60. The van der Waals surface area contributed by atoms with Gasteiger partial charge in [-0.05, 0) is 50.0 Å². The van der Waals surface area contributed by atoms with Crippen molar-refractivity contribution < 1.29 is 13.2 Å². The number of anilines is 1. The van der Waals surface area contributed by atoms with Gasteiger partial charge in [-0.15, -0.1) is 0 Å². The van der Waals surface area contributed by atoms with Crippen LogP contribution in [0.15, 0.2) is 24.3 Å². The SMILES string of the molecule is CN1CCCC(CN(C)C(=O)Nc2cccc(CS(C)(=O)=O)c2)C1. The zero-order valence-corrected chi connectivity index (χ0v) is 15.5. The summed E-state index contributed by atoms with van der Waals surface area (Å²) in [6, 6.07) is 6.82. The molecule has 1 aromatic carbocycles. The normalized spacial score (nSPS) is 19.0. The molecule has 0 radical (unpaired) electrons. The van der Waals surface area contributed by atoms with Crippen molar-refractivity contribution in [3.8, 4) is 0 Å². The minimum atomic E-state index is -3.09. The monoisotopic (exact) mass is 353 g/mol. The van der Waals surface area contributed by atoms with Gasteiger partial charge in [0.05, 0.1) is 5.75 Å². The molecule has 24 heavy (non-hydrogen) atoms. The van der Waals surface area contributed by atoms with Crippen molar-refractivity contribution in [2.75, 3.05) is 45.3 Å². The number of sulfone groups is 1. The molecule has 0 spiro atoms. The van der Waals surface area contributed by atoms with Crippen LogP contribution in [0.1, 0.15) is 18.4 Å². The minimum Gasteiger partial charge on any atom is -0.327 e. The number of benzene rings is 1. The Morgan fingerprint density at radius 2 is 2.17 bits per heavy atom. The number of likely N-dealkylation sites (tertiary alicyclic amines) is 1. The molecule has 2 amide bonds. The summed E-state index contributed by atoms with van der Waals surface area (Å²) in [4.78, 5) is 16.3. The van der Waals surface area contributed by atoms with E-state index >= 15 is 0 Å². The molecule has 1 N–H and O–H groups in total. The fraction of sp³-hybridized carbons (Fsp3) is 0.588. The summed E-state index contributed by atoms with van der Waals surface area (Å²) in [6.45, 7) is 2.86. The van der Waals surface area contributed by atoms with E-state index in [-0.39, 0.29) is 11.8 Å². The van der Waals surface area contributed by atoms with Crippen LogP contribution in [-0.2, 0) is 15.6 Å². The third-order valence-corrected chi connectivity index (χ3v) is 5.07. The molecule has 1 aliphatic heterocycles. The van der Waals surface area contributed by atoms with Gasteiger partial charge in [-0.3, -0.25) is 0 Å². The average molecular weight is 353 g/mol. The van der Waals surface area contributed by atoms with Gasteiger partial charge in [-0.2, -0.15) is 0 Å². The van der Waals surface area contributed by atoms with E-state index in [2.05, 4.69) is 17.3 Å². The number of amides is 2. The maximum Gasteiger partial charge on any atom is 0.321 e. The molecule has 0 saturated carbocycles. The quantitative estimate of drug-likeness (QED) is 0.879. The number of piperidine rings is 1. The van der Waals surface area contributed by atoms with Gasteiger partial charge >= 0.3 is 6.03 Å². The van der Waals surface area contributed by atoms with E-state index in [0.29, 0.717) is 17.2 Å². The van der Waals surface area contributed by atoms with Crippen LogP contribution in [0.25, 0.3) is 0 Å². The molecule has 0 aliphatic carbocycles. The van der Waals surface area contributed by atoms with Crippen molar-refractivity contribution in [2.24, 2.45) is 5.92 Å². The van der Waals surface area contributed by atoms with Crippen LogP contribution < -0.4 is 5.32 Å². The van der Waals surface area contributed by atoms with Crippen molar-refractivity contribution in [3.63, 3.8) is 0 Å². The summed E-state index contributed by atoms with van der Waals surface area (Å²) in [6.07, 6.45) is 3.52. The number of nitrogens with one attached hydrogen (secondary N) is 1. The highest BCUT2D eigenvalue weighted by molar-refractivity contribution is 7.89. The van der Waals surface area contributed by atoms with Crippen LogP contribution in [0, 0.1) is 5.92 Å². The van der Waals surface area contributed by atoms with E-state index in [1.54, 1.807) is 36.2 Å². The Morgan fingerprint density at radius 3 is 2.83 bits per heavy atom. The molecule has 1 saturated heterocycles. The van der Waals surface area contributed by atoms with Crippen LogP contribution in [0.3, 0.4) is 0 Å². The number of urea groups is 1. The number of nitrogens with zero attached hydrogens (tertiary/aromatic N) is 2. The highest BCUT2D eigenvalue weighted by Gasteiger charge is 2.20. The third-order valence-electron chi connectivity index (χ3n) is 4.21. The van der Waals surface area contributed by atoms with Crippen molar-refractivity contribution in [1.29, 1.82) is 0 Å². The van der Waals surface area contributed by atoms with Crippen LogP contribution in [0.5, 0.6) is 0 Å². The number of rotatable bonds is 5. The molecule has 1 aromatic rings. The van der Waals surface area contributed by atoms with Gasteiger partial charge in [-0.25, -0.2) is 13.2 Å². The van der Waals surface area contributed by atoms with Crippen LogP contribution >= 0.6 is 0 Å². The standard InChI is InChI=1S/C17H27N3O3S/c1-19-9-5-7-15(11-19)12-20(2)17(21)18-16-8-4-6-14(10-16)13-24(3,22)23/h4,6,8,10,15H,5,7,9,11-13H2,1-3H3,(H,18,21). The molecule has 1 fully saturated rings. The summed E-state index contributed by atoms with van der Waals surface area (Å²) in [5, 5.41) is 2.85. The summed E-state index contributed by atoms with van der Waals surface area (Å²) in [5.41, 5.74) is 1.29. The van der Waals surface area contributed by atoms with E-state index in [0.717, 1.165) is 26.1 Å². The first-order valence-corrected chi connectivity index (χ1v) is 10.3. The third kappa shape index (κ3) is 6.13. The lowest BCUT2D eigenvalue weighted by molar-refractivity contribution is 0.170. The lowest BCUT2D eigenvalue weighted by atomic mass is 9.98. The molecule has 1 aliphatic rings. The minimum absolute atomic E-state index is 0.0268. The van der Waals surface area contributed by atoms with Crippen LogP contribution in [0.2, 0.25) is 0 Å². The van der Waals surface area contributed by atoms with E-state index in [9.17, 15) is 13.2 Å². The van der Waals surface area contributed by atoms with E-state index in [4.69, 9.17) is 0 Å². The Balaban J connectivity index is 1.92. The molecule has 2 rings (SSSR count). The maximum atomic E-state index is 12.3. The summed E-state index contributed by atoms with van der Waals surface area (Å²) in [5.74, 6) is 0.470. The number of carbonyl (C=O) groups is 1. The van der Waals surface area contributed by atoms with Gasteiger partial charge in [0, 0.05) is 32.1 Å². The molecule has 7 heteroatoms. The van der Waals surface area contributed by atoms with E-state index < -0.39 is 9.84 Å². The first kappa shape index (κ1) is 18.7. The second-order valence-electron chi connectivity index (χ2n) is 6.85. The predicted molar refractivity (Wildman–Crippen MR) is 96.9 cm³/mol. The first-order valence-electron chi connectivity index (χ1n) is 8.20. The molecule has 0 aromatic heterocycles. The van der Waals surface area contributed by atoms with Gasteiger partial charge in [0.2, 0.25) is 0 Å². The Morgan fingerprint density at radius 1 is 1.42 bits per heavy atom. The fourth-order valence-electron chi connectivity index (χ4n) is 3.15. The van der Waals surface area contributed by atoms with Gasteiger partial charge in [-0.1, -0.05) is 12.1 Å². The molecule has 0 bridgehead atoms. The second kappa shape index (κ2) is 7.98. The zero-order valence-electron chi connectivity index (χ0n) is 14.7. The first-order chi connectivity index (χ1) is 11.2. The van der Waals surface area contributed by atoms with Gasteiger partial charge in [0.1, 0.15) is 0 Å². The largest absolute Gasteiger partial charge is 0.327 e. The fourth-order valence-corrected chi connectivity index (χ4v) is 3.94. The summed E-state index contributed by atoms with van der Waals surface area (Å²) >= 11 is 0. The lowest BCUT2D eigenvalue weighted by Gasteiger charge is -2.32. The zero-order chi connectivity index (χ0) is 17.7. The topological polar surface area (TPSA) is 69.7 Å². The lowest BCUT2D eigenvalue weighted by Crippen LogP contribution is -2.41. The van der Waals surface area contributed by atoms with Crippen molar-refractivity contribution in [3.05, 3.63) is 29.8 Å². The van der Waals surface area contributed by atoms with E-state index in [1.165, 1.54) is 12.7 Å². The number of carbonyl (C=O) groups excluding carboxylic acids is 1. The van der Waals surface area contributed by atoms with E-state index in [1.807, 2.05) is 0 Å². The molecular formula is C17H27N3O3S. The maximum absolute atomic E-state index is 12.3. The highest BCUT2D eigenvalue weighted by atomic mass is 32.2. The van der Waals surface area contributed by atoms with Crippen molar-refractivity contribution in [1.82, 2.24) is 9.80 Å². The number of hydrogen-bond acceptors (Lipinski definition) is 4. The van der Waals surface area contributed by atoms with Crippen molar-refractivity contribution >= 4 is 21.6 Å². The number of hydrogen-bond donors (Lipinski definition) is 1. The molecule has 1 atom stereocenters. The predicted octanol–water partition coefficient (Wildman–Crippen LogP) is 2.04. The molecular weight excluding hydrogens is 326 g/mol. The molecule has 1 heterocycles. The van der Waals surface area contributed by atoms with Crippen LogP contribution in [-0.4, -0.2) is 64.2 Å². The smallest absolute Gasteiger partial charge is 0.321 e. The van der Waals surface area contributed by atoms with Gasteiger partial charge in [0.25, 0.3) is 0 Å². The Labute approximate surface area is 144 Å². The second-order valence-corrected chi connectivity index (χ2v) is 8.99. The average Bonchev–Trinajstić information content (AvgIpc) is 2.45. The molecule has 134 valence electrons. The van der Waals surface area contributed by atoms with Gasteiger partial charge in [0.15, 0.2) is 9.84 Å². The molecule has 1 unspecified atom stereocenters. The summed E-state index contributed by atoms with van der Waals surface area (Å²) in [7, 11) is 0.816. The van der Waals surface area contributed by atoms with Gasteiger partial charge < -0.3 is 15.1 Å². The summed E-state index contributed by atoms with van der Waals surface area (Å²) < 4.78 is 22.8. The highest BCUT2D eigenvalue weighted by Crippen LogP contribution is 2.17. The Bertz CT molecular complexity index is 675. The molecule has 6 nitrogen and oxygen atoms in total. The Kier molecular flexibility index (Phi) is 6.23. The van der Waals surface area contributed by atoms with Crippen molar-refractivity contribution in [2.45, 2.75) is 18.6 Å². The van der Waals surface area contributed by atoms with Crippen LogP contribution in [0.4, 0.5) is 10.5 Å².